The molecule has 6 nitrogen and oxygen atoms in total. The zero-order valence-electron chi connectivity index (χ0n) is 9.92. The molecule has 18 heavy (non-hydrogen) atoms. The quantitative estimate of drug-likeness (QED) is 0.791. The van der Waals surface area contributed by atoms with Crippen molar-refractivity contribution < 1.29 is 9.53 Å². The SMILES string of the molecule is CCOC(=O)c1nc(-c2ccc(Cl)cn2)n(C)n1. The van der Waals surface area contributed by atoms with Crippen molar-refractivity contribution in [3.8, 4) is 11.5 Å². The summed E-state index contributed by atoms with van der Waals surface area (Å²) in [5.74, 6) is -0.0471. The number of pyridine rings is 1. The highest BCUT2D eigenvalue weighted by atomic mass is 35.5. The lowest BCUT2D eigenvalue weighted by Crippen LogP contribution is -2.07. The second-order valence-electron chi connectivity index (χ2n) is 3.46. The van der Waals surface area contributed by atoms with E-state index in [9.17, 15) is 4.79 Å². The highest BCUT2D eigenvalue weighted by molar-refractivity contribution is 6.30. The Balaban J connectivity index is 2.34. The van der Waals surface area contributed by atoms with Crippen LogP contribution >= 0.6 is 11.6 Å². The molecule has 0 unspecified atom stereocenters. The first kappa shape index (κ1) is 12.5. The molecule has 2 heterocycles. The summed E-state index contributed by atoms with van der Waals surface area (Å²) in [6, 6.07) is 3.41. The molecule has 0 saturated heterocycles. The van der Waals surface area contributed by atoms with Crippen LogP contribution in [0.4, 0.5) is 0 Å². The third-order valence-electron chi connectivity index (χ3n) is 2.18. The second-order valence-corrected chi connectivity index (χ2v) is 3.90. The lowest BCUT2D eigenvalue weighted by molar-refractivity contribution is 0.0512. The molecule has 0 atom stereocenters. The molecule has 2 aromatic rings. The summed E-state index contributed by atoms with van der Waals surface area (Å²) in [6.07, 6.45) is 1.51. The van der Waals surface area contributed by atoms with Gasteiger partial charge in [-0.15, -0.1) is 5.10 Å². The van der Waals surface area contributed by atoms with Crippen LogP contribution in [0.5, 0.6) is 0 Å². The van der Waals surface area contributed by atoms with Gasteiger partial charge in [-0.2, -0.15) is 4.98 Å². The van der Waals surface area contributed by atoms with Gasteiger partial charge < -0.3 is 4.74 Å². The average molecular weight is 267 g/mol. The molecular weight excluding hydrogens is 256 g/mol. The standard InChI is InChI=1S/C11H11ClN4O2/c1-3-18-11(17)9-14-10(16(2)15-9)8-5-4-7(12)6-13-8/h4-6H,3H2,1-2H3. The van der Waals surface area contributed by atoms with Crippen LogP contribution < -0.4 is 0 Å². The van der Waals surface area contributed by atoms with Gasteiger partial charge in [0.15, 0.2) is 5.82 Å². The van der Waals surface area contributed by atoms with Crippen LogP contribution in [0.25, 0.3) is 11.5 Å². The summed E-state index contributed by atoms with van der Waals surface area (Å²) in [5, 5.41) is 4.52. The molecule has 0 bridgehead atoms. The topological polar surface area (TPSA) is 69.9 Å². The van der Waals surface area contributed by atoms with Crippen LogP contribution in [0.2, 0.25) is 5.02 Å². The minimum atomic E-state index is -0.548. The van der Waals surface area contributed by atoms with Gasteiger partial charge in [0.05, 0.1) is 11.6 Å². The van der Waals surface area contributed by atoms with E-state index in [-0.39, 0.29) is 12.4 Å². The Labute approximate surface area is 109 Å². The number of carbonyl (C=O) groups excluding carboxylic acids is 1. The highest BCUT2D eigenvalue weighted by Crippen LogP contribution is 2.16. The Hall–Kier alpha value is -1.95. The predicted octanol–water partition coefficient (Wildman–Crippen LogP) is 1.71. The second kappa shape index (κ2) is 5.14. The summed E-state index contributed by atoms with van der Waals surface area (Å²) < 4.78 is 6.31. The number of nitrogens with zero attached hydrogens (tertiary/aromatic N) is 4. The Bertz CT molecular complexity index is 565. The molecule has 0 radical (unpaired) electrons. The molecule has 0 fully saturated rings. The first-order chi connectivity index (χ1) is 8.61. The Morgan fingerprint density at radius 2 is 2.28 bits per heavy atom. The molecule has 0 aliphatic rings. The third-order valence-corrected chi connectivity index (χ3v) is 2.40. The van der Waals surface area contributed by atoms with Gasteiger partial charge in [-0.1, -0.05) is 11.6 Å². The smallest absolute Gasteiger partial charge is 0.378 e. The first-order valence-corrected chi connectivity index (χ1v) is 5.69. The fraction of sp³-hybridized carbons (Fsp3) is 0.273. The van der Waals surface area contributed by atoms with Crippen molar-refractivity contribution in [2.45, 2.75) is 6.92 Å². The molecular formula is C11H11ClN4O2. The van der Waals surface area contributed by atoms with E-state index >= 15 is 0 Å². The number of hydrogen-bond donors (Lipinski definition) is 0. The number of aromatic nitrogens is 4. The third kappa shape index (κ3) is 2.48. The molecule has 0 saturated carbocycles. The monoisotopic (exact) mass is 266 g/mol. The van der Waals surface area contributed by atoms with Gasteiger partial charge in [-0.25, -0.2) is 9.48 Å². The number of ether oxygens (including phenoxy) is 1. The van der Waals surface area contributed by atoms with Crippen molar-refractivity contribution in [2.24, 2.45) is 7.05 Å². The molecule has 0 spiro atoms. The fourth-order valence-electron chi connectivity index (χ4n) is 1.40. The zero-order chi connectivity index (χ0) is 13.1. The van der Waals surface area contributed by atoms with Crippen LogP contribution in [0.1, 0.15) is 17.5 Å². The number of halogens is 1. The van der Waals surface area contributed by atoms with Gasteiger partial charge in [0, 0.05) is 13.2 Å². The van der Waals surface area contributed by atoms with Gasteiger partial charge in [-0.05, 0) is 19.1 Å². The van der Waals surface area contributed by atoms with E-state index in [1.54, 1.807) is 26.1 Å². The molecule has 0 N–H and O–H groups in total. The Morgan fingerprint density at radius 3 is 2.89 bits per heavy atom. The average Bonchev–Trinajstić information content (AvgIpc) is 2.73. The number of carbonyl (C=O) groups is 1. The highest BCUT2D eigenvalue weighted by Gasteiger charge is 2.17. The first-order valence-electron chi connectivity index (χ1n) is 5.32. The van der Waals surface area contributed by atoms with Crippen LogP contribution in [-0.2, 0) is 11.8 Å². The van der Waals surface area contributed by atoms with Crippen molar-refractivity contribution in [1.29, 1.82) is 0 Å². The molecule has 94 valence electrons. The van der Waals surface area contributed by atoms with Crippen molar-refractivity contribution in [1.82, 2.24) is 19.7 Å². The van der Waals surface area contributed by atoms with Gasteiger partial charge in [0.25, 0.3) is 5.82 Å². The van der Waals surface area contributed by atoms with Gasteiger partial charge in [0.1, 0.15) is 5.69 Å². The Morgan fingerprint density at radius 1 is 1.50 bits per heavy atom. The molecule has 0 aromatic carbocycles. The number of esters is 1. The van der Waals surface area contributed by atoms with Crippen LogP contribution in [0.15, 0.2) is 18.3 Å². The lowest BCUT2D eigenvalue weighted by Gasteiger charge is -1.98. The largest absolute Gasteiger partial charge is 0.460 e. The molecule has 0 amide bonds. The predicted molar refractivity (Wildman–Crippen MR) is 65.2 cm³/mol. The summed E-state index contributed by atoms with van der Waals surface area (Å²) >= 11 is 5.76. The minimum absolute atomic E-state index is 0.0195. The van der Waals surface area contributed by atoms with Crippen LogP contribution in [-0.4, -0.2) is 32.3 Å². The maximum atomic E-state index is 11.5. The molecule has 2 aromatic heterocycles. The normalized spacial score (nSPS) is 10.4. The van der Waals surface area contributed by atoms with E-state index in [1.807, 2.05) is 0 Å². The summed E-state index contributed by atoms with van der Waals surface area (Å²) in [7, 11) is 1.68. The van der Waals surface area contributed by atoms with Gasteiger partial charge in [0.2, 0.25) is 0 Å². The van der Waals surface area contributed by atoms with Crippen LogP contribution in [0, 0.1) is 0 Å². The van der Waals surface area contributed by atoms with E-state index in [0.29, 0.717) is 16.5 Å². The van der Waals surface area contributed by atoms with E-state index in [4.69, 9.17) is 16.3 Å². The van der Waals surface area contributed by atoms with Gasteiger partial charge >= 0.3 is 5.97 Å². The summed E-state index contributed by atoms with van der Waals surface area (Å²) in [5.41, 5.74) is 0.588. The molecule has 0 aliphatic carbocycles. The number of rotatable bonds is 3. The Kier molecular flexibility index (Phi) is 3.57. The fourth-order valence-corrected chi connectivity index (χ4v) is 1.51. The molecule has 0 aliphatic heterocycles. The van der Waals surface area contributed by atoms with Crippen molar-refractivity contribution >= 4 is 17.6 Å². The lowest BCUT2D eigenvalue weighted by atomic mass is 10.3. The van der Waals surface area contributed by atoms with Gasteiger partial charge in [-0.3, -0.25) is 4.98 Å². The van der Waals surface area contributed by atoms with E-state index in [2.05, 4.69) is 15.1 Å². The van der Waals surface area contributed by atoms with Crippen molar-refractivity contribution in [2.75, 3.05) is 6.61 Å². The number of aryl methyl sites for hydroxylation is 1. The minimum Gasteiger partial charge on any atom is -0.460 e. The van der Waals surface area contributed by atoms with E-state index < -0.39 is 5.97 Å². The zero-order valence-corrected chi connectivity index (χ0v) is 10.7. The maximum Gasteiger partial charge on any atom is 0.378 e. The van der Waals surface area contributed by atoms with Crippen molar-refractivity contribution in [3.05, 3.63) is 29.2 Å². The summed E-state index contributed by atoms with van der Waals surface area (Å²) in [6.45, 7) is 2.01. The van der Waals surface area contributed by atoms with E-state index in [0.717, 1.165) is 0 Å². The van der Waals surface area contributed by atoms with E-state index in [1.165, 1.54) is 10.9 Å². The summed E-state index contributed by atoms with van der Waals surface area (Å²) in [4.78, 5) is 19.7. The van der Waals surface area contributed by atoms with Crippen molar-refractivity contribution in [3.63, 3.8) is 0 Å². The molecule has 2 rings (SSSR count). The molecule has 7 heteroatoms. The van der Waals surface area contributed by atoms with Crippen LogP contribution in [0.3, 0.4) is 0 Å². The maximum absolute atomic E-state index is 11.5. The number of hydrogen-bond acceptors (Lipinski definition) is 5.